The third-order valence-corrected chi connectivity index (χ3v) is 3.55. The van der Waals surface area contributed by atoms with Gasteiger partial charge in [-0.1, -0.05) is 13.8 Å². The molecule has 1 fully saturated rings. The first-order chi connectivity index (χ1) is 9.45. The van der Waals surface area contributed by atoms with Crippen molar-refractivity contribution < 1.29 is 4.74 Å². The fraction of sp³-hybridized carbons (Fsp3) is 0.733. The number of rotatable bonds is 4. The summed E-state index contributed by atoms with van der Waals surface area (Å²) in [6, 6.07) is 2.38. The number of anilines is 1. The highest BCUT2D eigenvalue weighted by molar-refractivity contribution is 5.30. The lowest BCUT2D eigenvalue weighted by Crippen LogP contribution is -2.42. The zero-order valence-electron chi connectivity index (χ0n) is 13.0. The van der Waals surface area contributed by atoms with Gasteiger partial charge in [-0.15, -0.1) is 0 Å². The summed E-state index contributed by atoms with van der Waals surface area (Å²) in [5.74, 6) is 1.82. The van der Waals surface area contributed by atoms with Crippen LogP contribution < -0.4 is 5.73 Å². The van der Waals surface area contributed by atoms with Crippen LogP contribution in [0.15, 0.2) is 6.07 Å². The van der Waals surface area contributed by atoms with E-state index in [1.165, 1.54) is 0 Å². The molecule has 1 aromatic rings. The molecule has 0 aliphatic carbocycles. The lowest BCUT2D eigenvalue weighted by atomic mass is 10.1. The van der Waals surface area contributed by atoms with E-state index in [0.29, 0.717) is 17.8 Å². The molecule has 5 nitrogen and oxygen atoms in total. The highest BCUT2D eigenvalue weighted by Crippen LogP contribution is 2.22. The van der Waals surface area contributed by atoms with Gasteiger partial charge < -0.3 is 10.5 Å². The lowest BCUT2D eigenvalue weighted by Gasteiger charge is -2.34. The van der Waals surface area contributed by atoms with Gasteiger partial charge in [0.15, 0.2) is 5.82 Å². The van der Waals surface area contributed by atoms with Crippen LogP contribution in [0.5, 0.6) is 0 Å². The minimum absolute atomic E-state index is 0.0689. The normalized spacial score (nSPS) is 20.8. The van der Waals surface area contributed by atoms with Crippen LogP contribution in [0.3, 0.4) is 0 Å². The van der Waals surface area contributed by atoms with E-state index in [-0.39, 0.29) is 6.10 Å². The fourth-order valence-corrected chi connectivity index (χ4v) is 2.50. The number of hydrogen-bond donors (Lipinski definition) is 1. The summed E-state index contributed by atoms with van der Waals surface area (Å²) in [5.41, 5.74) is 6.92. The van der Waals surface area contributed by atoms with Crippen molar-refractivity contribution in [3.05, 3.63) is 17.6 Å². The molecule has 0 amide bonds. The van der Waals surface area contributed by atoms with Gasteiger partial charge in [-0.3, -0.25) is 4.90 Å². The van der Waals surface area contributed by atoms with Crippen LogP contribution in [0.25, 0.3) is 0 Å². The largest absolute Gasteiger partial charge is 0.384 e. The quantitative estimate of drug-likeness (QED) is 0.913. The molecule has 1 atom stereocenters. The number of nitrogen functional groups attached to an aromatic ring is 1. The summed E-state index contributed by atoms with van der Waals surface area (Å²) in [6.07, 6.45) is 0.848. The second-order valence-corrected chi connectivity index (χ2v) is 6.19. The van der Waals surface area contributed by atoms with E-state index in [4.69, 9.17) is 10.5 Å². The molecule has 0 radical (unpaired) electrons. The molecule has 1 aliphatic heterocycles. The Hall–Kier alpha value is -1.20. The fourth-order valence-electron chi connectivity index (χ4n) is 2.50. The molecule has 2 rings (SSSR count). The third kappa shape index (κ3) is 3.90. The van der Waals surface area contributed by atoms with Crippen molar-refractivity contribution in [1.82, 2.24) is 14.9 Å². The Morgan fingerprint density at radius 2 is 2.10 bits per heavy atom. The molecule has 2 N–H and O–H groups in total. The smallest absolute Gasteiger partial charge is 0.161 e. The highest BCUT2D eigenvalue weighted by Gasteiger charge is 2.26. The Kier molecular flexibility index (Phi) is 4.94. The molecule has 0 aromatic carbocycles. The molecule has 20 heavy (non-hydrogen) atoms. The topological polar surface area (TPSA) is 64.3 Å². The molecule has 0 bridgehead atoms. The molecule has 112 valence electrons. The number of nitrogens with two attached hydrogens (primary N) is 1. The van der Waals surface area contributed by atoms with Gasteiger partial charge >= 0.3 is 0 Å². The Morgan fingerprint density at radius 1 is 1.35 bits per heavy atom. The molecule has 1 saturated heterocycles. The van der Waals surface area contributed by atoms with Gasteiger partial charge in [-0.2, -0.15) is 0 Å². The van der Waals surface area contributed by atoms with Crippen molar-refractivity contribution in [2.45, 2.75) is 46.3 Å². The predicted octanol–water partition coefficient (Wildman–Crippen LogP) is 2.04. The van der Waals surface area contributed by atoms with Gasteiger partial charge in [0.2, 0.25) is 0 Å². The summed E-state index contributed by atoms with van der Waals surface area (Å²) in [6.45, 7) is 11.3. The van der Waals surface area contributed by atoms with Gasteiger partial charge in [0.1, 0.15) is 11.9 Å². The van der Waals surface area contributed by atoms with Crippen LogP contribution in [0.1, 0.15) is 45.3 Å². The van der Waals surface area contributed by atoms with Crippen molar-refractivity contribution in [3.63, 3.8) is 0 Å². The van der Waals surface area contributed by atoms with Crippen molar-refractivity contribution in [1.29, 1.82) is 0 Å². The molecule has 0 spiro atoms. The van der Waals surface area contributed by atoms with Crippen molar-refractivity contribution >= 4 is 5.82 Å². The van der Waals surface area contributed by atoms with E-state index in [0.717, 1.165) is 37.6 Å². The summed E-state index contributed by atoms with van der Waals surface area (Å²) in [4.78, 5) is 11.4. The van der Waals surface area contributed by atoms with Gasteiger partial charge in [0.25, 0.3) is 0 Å². The zero-order valence-corrected chi connectivity index (χ0v) is 13.0. The minimum Gasteiger partial charge on any atom is -0.384 e. The average Bonchev–Trinajstić information content (AvgIpc) is 2.37. The van der Waals surface area contributed by atoms with Crippen molar-refractivity contribution in [3.8, 4) is 0 Å². The highest BCUT2D eigenvalue weighted by atomic mass is 16.5. The second kappa shape index (κ2) is 6.50. The van der Waals surface area contributed by atoms with Gasteiger partial charge in [-0.25, -0.2) is 9.97 Å². The first-order valence-electron chi connectivity index (χ1n) is 7.44. The maximum atomic E-state index is 5.92. The Labute approximate surface area is 121 Å². The number of aromatic nitrogens is 2. The summed E-state index contributed by atoms with van der Waals surface area (Å²) in [5, 5.41) is 0. The van der Waals surface area contributed by atoms with Crippen LogP contribution in [0.4, 0.5) is 5.82 Å². The van der Waals surface area contributed by atoms with E-state index in [1.807, 2.05) is 6.07 Å². The van der Waals surface area contributed by atoms with E-state index in [1.54, 1.807) is 0 Å². The first-order valence-corrected chi connectivity index (χ1v) is 7.44. The van der Waals surface area contributed by atoms with Crippen molar-refractivity contribution in [2.75, 3.05) is 25.4 Å². The van der Waals surface area contributed by atoms with E-state index < -0.39 is 0 Å². The van der Waals surface area contributed by atoms with Crippen LogP contribution in [-0.2, 0) is 11.2 Å². The molecule has 5 heteroatoms. The molecule has 1 aliphatic rings. The van der Waals surface area contributed by atoms with Gasteiger partial charge in [0, 0.05) is 30.9 Å². The summed E-state index contributed by atoms with van der Waals surface area (Å²) < 4.78 is 5.84. The van der Waals surface area contributed by atoms with Gasteiger partial charge in [-0.05, 0) is 26.2 Å². The Bertz CT molecular complexity index is 447. The number of morpholine rings is 1. The molecule has 1 aromatic heterocycles. The average molecular weight is 278 g/mol. The number of nitrogens with zero attached hydrogens (tertiary/aromatic N) is 3. The molecule has 1 unspecified atom stereocenters. The molecule has 2 heterocycles. The minimum atomic E-state index is -0.0689. The second-order valence-electron chi connectivity index (χ2n) is 6.19. The zero-order chi connectivity index (χ0) is 14.7. The lowest BCUT2D eigenvalue weighted by molar-refractivity contribution is -0.0443. The van der Waals surface area contributed by atoms with Crippen LogP contribution in [0, 0.1) is 5.92 Å². The van der Waals surface area contributed by atoms with Crippen LogP contribution in [-0.4, -0.2) is 40.6 Å². The van der Waals surface area contributed by atoms with E-state index in [2.05, 4.69) is 42.6 Å². The maximum absolute atomic E-state index is 5.92. The van der Waals surface area contributed by atoms with E-state index >= 15 is 0 Å². The summed E-state index contributed by atoms with van der Waals surface area (Å²) >= 11 is 0. The molecular formula is C15H26N4O. The SMILES string of the molecule is CC(C)Cc1cc(N)nc(C2CN(C(C)C)CCO2)n1. The standard InChI is InChI=1S/C15H26N4O/c1-10(2)7-12-8-14(16)18-15(17-12)13-9-19(11(3)4)5-6-20-13/h8,10-11,13H,5-7,9H2,1-4H3,(H2,16,17,18). The predicted molar refractivity (Wildman–Crippen MR) is 80.4 cm³/mol. The molecule has 0 saturated carbocycles. The summed E-state index contributed by atoms with van der Waals surface area (Å²) in [7, 11) is 0. The third-order valence-electron chi connectivity index (χ3n) is 3.55. The molecular weight excluding hydrogens is 252 g/mol. The monoisotopic (exact) mass is 278 g/mol. The van der Waals surface area contributed by atoms with Crippen molar-refractivity contribution in [2.24, 2.45) is 5.92 Å². The Balaban J connectivity index is 2.16. The Morgan fingerprint density at radius 3 is 2.75 bits per heavy atom. The first kappa shape index (κ1) is 15.2. The number of ether oxygens (including phenoxy) is 1. The van der Waals surface area contributed by atoms with Crippen LogP contribution in [0.2, 0.25) is 0 Å². The van der Waals surface area contributed by atoms with E-state index in [9.17, 15) is 0 Å². The maximum Gasteiger partial charge on any atom is 0.161 e. The van der Waals surface area contributed by atoms with Gasteiger partial charge in [0.05, 0.1) is 6.61 Å². The number of hydrogen-bond acceptors (Lipinski definition) is 5. The van der Waals surface area contributed by atoms with Crippen LogP contribution >= 0.6 is 0 Å².